The van der Waals surface area contributed by atoms with Crippen molar-refractivity contribution < 1.29 is 5.32 Å². The highest BCUT2D eigenvalue weighted by Crippen LogP contribution is 2.26. The molecule has 16 heavy (non-hydrogen) atoms. The molecule has 0 radical (unpaired) electrons. The van der Waals surface area contributed by atoms with Crippen LogP contribution in [0.2, 0.25) is 0 Å². The van der Waals surface area contributed by atoms with Crippen LogP contribution in [0, 0.1) is 13.8 Å². The van der Waals surface area contributed by atoms with Gasteiger partial charge in [0.1, 0.15) is 11.4 Å². The van der Waals surface area contributed by atoms with E-state index in [9.17, 15) is 0 Å². The van der Waals surface area contributed by atoms with Crippen molar-refractivity contribution in [1.29, 1.82) is 0 Å². The highest BCUT2D eigenvalue weighted by atomic mass is 35.5. The zero-order chi connectivity index (χ0) is 11.0. The Morgan fingerprint density at radius 2 is 1.62 bits per heavy atom. The molecule has 1 aromatic rings. The number of benzene rings is 1. The van der Waals surface area contributed by atoms with Crippen molar-refractivity contribution in [3.63, 3.8) is 0 Å². The van der Waals surface area contributed by atoms with Gasteiger partial charge in [-0.1, -0.05) is 0 Å². The lowest BCUT2D eigenvalue weighted by Crippen LogP contribution is -2.74. The van der Waals surface area contributed by atoms with Crippen molar-refractivity contribution in [3.8, 4) is 0 Å². The second-order valence-corrected chi connectivity index (χ2v) is 4.28. The van der Waals surface area contributed by atoms with E-state index >= 15 is 0 Å². The Labute approximate surface area is 103 Å². The van der Waals surface area contributed by atoms with Crippen molar-refractivity contribution in [2.75, 3.05) is 0 Å². The zero-order valence-corrected chi connectivity index (χ0v) is 11.0. The summed E-state index contributed by atoms with van der Waals surface area (Å²) in [7, 11) is 0. The predicted octanol–water partition coefficient (Wildman–Crippen LogP) is 2.93. The monoisotopic (exact) mass is 237 g/mol. The van der Waals surface area contributed by atoms with E-state index in [0.717, 1.165) is 11.4 Å². The SMILES string of the molecule is CC1=CC(C)=Nc2cc(C)c(C)cc2[NH2+]1.Cl. The van der Waals surface area contributed by atoms with Gasteiger partial charge >= 0.3 is 0 Å². The number of hydrogen-bond acceptors (Lipinski definition) is 1. The van der Waals surface area contributed by atoms with E-state index in [0.29, 0.717) is 0 Å². The average molecular weight is 238 g/mol. The van der Waals surface area contributed by atoms with Gasteiger partial charge < -0.3 is 0 Å². The van der Waals surface area contributed by atoms with Crippen LogP contribution < -0.4 is 5.32 Å². The summed E-state index contributed by atoms with van der Waals surface area (Å²) in [5.74, 6) is 0. The molecule has 0 atom stereocenters. The molecule has 3 heteroatoms. The Morgan fingerprint density at radius 3 is 2.31 bits per heavy atom. The van der Waals surface area contributed by atoms with Gasteiger partial charge in [-0.05, 0) is 38.0 Å². The molecular formula is C13H18ClN2+. The molecule has 0 aromatic heterocycles. The Balaban J connectivity index is 0.00000128. The van der Waals surface area contributed by atoms with E-state index < -0.39 is 0 Å². The first kappa shape index (κ1) is 12.9. The van der Waals surface area contributed by atoms with E-state index in [2.05, 4.69) is 49.3 Å². The third-order valence-electron chi connectivity index (χ3n) is 2.76. The van der Waals surface area contributed by atoms with Crippen LogP contribution >= 0.6 is 12.4 Å². The molecule has 2 nitrogen and oxygen atoms in total. The van der Waals surface area contributed by atoms with Crippen LogP contribution in [0.5, 0.6) is 0 Å². The summed E-state index contributed by atoms with van der Waals surface area (Å²) in [5.41, 5.74) is 7.28. The lowest BCUT2D eigenvalue weighted by molar-refractivity contribution is -0.516. The van der Waals surface area contributed by atoms with E-state index in [-0.39, 0.29) is 12.4 Å². The number of hydrogen-bond donors (Lipinski definition) is 1. The Morgan fingerprint density at radius 1 is 1.00 bits per heavy atom. The number of aryl methyl sites for hydroxylation is 2. The lowest BCUT2D eigenvalue weighted by atomic mass is 10.1. The number of allylic oxidation sites excluding steroid dienone is 2. The molecule has 2 N–H and O–H groups in total. The molecule has 0 fully saturated rings. The fraction of sp³-hybridized carbons (Fsp3) is 0.308. The maximum absolute atomic E-state index is 4.60. The van der Waals surface area contributed by atoms with Crippen molar-refractivity contribution in [3.05, 3.63) is 35.0 Å². The van der Waals surface area contributed by atoms with Crippen molar-refractivity contribution in [1.82, 2.24) is 0 Å². The molecule has 86 valence electrons. The highest BCUT2D eigenvalue weighted by Gasteiger charge is 2.12. The van der Waals surface area contributed by atoms with Gasteiger partial charge in [-0.25, -0.2) is 4.99 Å². The average Bonchev–Trinajstić information content (AvgIpc) is 2.24. The second kappa shape index (κ2) is 4.81. The molecule has 0 aliphatic carbocycles. The highest BCUT2D eigenvalue weighted by molar-refractivity contribution is 5.96. The number of aliphatic imine (C=N–C) groups is 1. The van der Waals surface area contributed by atoms with Crippen LogP contribution in [0.15, 0.2) is 28.9 Å². The molecule has 1 aliphatic rings. The van der Waals surface area contributed by atoms with Crippen LogP contribution in [0.4, 0.5) is 11.4 Å². The number of nitrogens with zero attached hydrogens (tertiary/aromatic N) is 1. The molecule has 0 saturated heterocycles. The number of rotatable bonds is 0. The van der Waals surface area contributed by atoms with Gasteiger partial charge in [0, 0.05) is 24.8 Å². The predicted molar refractivity (Wildman–Crippen MR) is 71.3 cm³/mol. The molecule has 0 bridgehead atoms. The topological polar surface area (TPSA) is 29.0 Å². The molecule has 0 amide bonds. The van der Waals surface area contributed by atoms with Crippen LogP contribution in [-0.2, 0) is 0 Å². The minimum absolute atomic E-state index is 0. The van der Waals surface area contributed by atoms with Crippen LogP contribution in [0.25, 0.3) is 0 Å². The Kier molecular flexibility index (Phi) is 3.89. The fourth-order valence-corrected chi connectivity index (χ4v) is 1.87. The van der Waals surface area contributed by atoms with Crippen LogP contribution in [0.3, 0.4) is 0 Å². The third-order valence-corrected chi connectivity index (χ3v) is 2.76. The minimum atomic E-state index is 0. The standard InChI is InChI=1S/C13H16N2.ClH/c1-8-5-12-13(6-9(8)2)15-11(4)7-10(3)14-12;/h5-7,14H,1-4H3;1H/p+1. The second-order valence-electron chi connectivity index (χ2n) is 4.28. The Hall–Kier alpha value is -1.12. The van der Waals surface area contributed by atoms with Crippen molar-refractivity contribution in [2.24, 2.45) is 4.99 Å². The minimum Gasteiger partial charge on any atom is -0.283 e. The number of halogens is 1. The first-order valence-electron chi connectivity index (χ1n) is 5.26. The largest absolute Gasteiger partial charge is 0.283 e. The normalized spacial score (nSPS) is 14.2. The molecule has 0 spiro atoms. The summed E-state index contributed by atoms with van der Waals surface area (Å²) < 4.78 is 0. The Bertz CT molecular complexity index is 473. The number of nitrogens with two attached hydrogens (primary N) is 1. The fourth-order valence-electron chi connectivity index (χ4n) is 1.87. The summed E-state index contributed by atoms with van der Waals surface area (Å²) in [5, 5.41) is 2.20. The summed E-state index contributed by atoms with van der Waals surface area (Å²) in [4.78, 5) is 4.60. The van der Waals surface area contributed by atoms with Gasteiger partial charge in [0.15, 0.2) is 5.69 Å². The van der Waals surface area contributed by atoms with Crippen LogP contribution in [0.1, 0.15) is 25.0 Å². The van der Waals surface area contributed by atoms with Crippen molar-refractivity contribution in [2.45, 2.75) is 27.7 Å². The summed E-state index contributed by atoms with van der Waals surface area (Å²) >= 11 is 0. The maximum Gasteiger partial charge on any atom is 0.160 e. The van der Waals surface area contributed by atoms with Gasteiger partial charge in [0.25, 0.3) is 0 Å². The van der Waals surface area contributed by atoms with Gasteiger partial charge in [-0.15, -0.1) is 12.4 Å². The van der Waals surface area contributed by atoms with Gasteiger partial charge in [-0.2, -0.15) is 0 Å². The third kappa shape index (κ3) is 2.52. The summed E-state index contributed by atoms with van der Waals surface area (Å²) in [6.07, 6.45) is 2.12. The molecule has 1 aromatic carbocycles. The molecule has 0 unspecified atom stereocenters. The summed E-state index contributed by atoms with van der Waals surface area (Å²) in [6, 6.07) is 4.38. The first-order valence-corrected chi connectivity index (χ1v) is 5.26. The van der Waals surface area contributed by atoms with Crippen LogP contribution in [-0.4, -0.2) is 5.71 Å². The first-order chi connectivity index (χ1) is 7.06. The van der Waals surface area contributed by atoms with E-state index in [1.807, 2.05) is 6.92 Å². The molecular weight excluding hydrogens is 220 g/mol. The van der Waals surface area contributed by atoms with Crippen molar-refractivity contribution >= 4 is 29.5 Å². The number of fused-ring (bicyclic) bond motifs is 1. The van der Waals surface area contributed by atoms with E-state index in [1.54, 1.807) is 0 Å². The molecule has 1 heterocycles. The molecule has 1 aliphatic heterocycles. The molecule has 0 saturated carbocycles. The maximum atomic E-state index is 4.60. The quantitative estimate of drug-likeness (QED) is 0.673. The van der Waals surface area contributed by atoms with Gasteiger partial charge in [0.2, 0.25) is 0 Å². The van der Waals surface area contributed by atoms with Gasteiger partial charge in [-0.3, -0.25) is 5.32 Å². The summed E-state index contributed by atoms with van der Waals surface area (Å²) in [6.45, 7) is 8.43. The number of quaternary nitrogens is 1. The smallest absolute Gasteiger partial charge is 0.160 e. The lowest BCUT2D eigenvalue weighted by Gasteiger charge is -2.05. The van der Waals surface area contributed by atoms with E-state index in [1.165, 1.54) is 22.5 Å². The zero-order valence-electron chi connectivity index (χ0n) is 10.2. The molecule has 2 rings (SSSR count). The van der Waals surface area contributed by atoms with Gasteiger partial charge in [0.05, 0.1) is 0 Å². The van der Waals surface area contributed by atoms with E-state index in [4.69, 9.17) is 0 Å².